The van der Waals surface area contributed by atoms with E-state index < -0.39 is 0 Å². The second-order valence-corrected chi connectivity index (χ2v) is 3.75. The first kappa shape index (κ1) is 12.7. The van der Waals surface area contributed by atoms with Gasteiger partial charge in [0.05, 0.1) is 6.04 Å². The molecule has 0 aromatic heterocycles. The van der Waals surface area contributed by atoms with Crippen LogP contribution < -0.4 is 5.32 Å². The van der Waals surface area contributed by atoms with Crippen LogP contribution in [0.2, 0.25) is 0 Å². The Morgan fingerprint density at radius 2 is 1.81 bits per heavy atom. The molecule has 1 aromatic carbocycles. The highest BCUT2D eigenvalue weighted by Gasteiger charge is 2.18. The summed E-state index contributed by atoms with van der Waals surface area (Å²) in [5.74, 6) is 0.0508. The third-order valence-electron chi connectivity index (χ3n) is 2.78. The highest BCUT2D eigenvalue weighted by atomic mass is 16.2. The molecule has 3 heteroatoms. The molecular weight excluding hydrogens is 200 g/mol. The molecule has 0 radical (unpaired) electrons. The summed E-state index contributed by atoms with van der Waals surface area (Å²) in [5.41, 5.74) is 0.853. The topological polar surface area (TPSA) is 32.3 Å². The summed E-state index contributed by atoms with van der Waals surface area (Å²) in [6.45, 7) is 7.84. The molecule has 0 aliphatic carbocycles. The highest BCUT2D eigenvalue weighted by molar-refractivity contribution is 5.94. The van der Waals surface area contributed by atoms with Gasteiger partial charge in [-0.05, 0) is 32.1 Å². The molecule has 0 fully saturated rings. The van der Waals surface area contributed by atoms with Crippen LogP contribution in [0, 0.1) is 0 Å². The van der Waals surface area contributed by atoms with Crippen molar-refractivity contribution in [3.8, 4) is 0 Å². The van der Waals surface area contributed by atoms with E-state index in [4.69, 9.17) is 0 Å². The number of rotatable bonds is 5. The first-order valence-electron chi connectivity index (χ1n) is 5.79. The Balaban J connectivity index is 2.58. The molecule has 0 spiro atoms. The van der Waals surface area contributed by atoms with Gasteiger partial charge in [0.25, 0.3) is 0 Å². The summed E-state index contributed by atoms with van der Waals surface area (Å²) >= 11 is 0. The predicted octanol–water partition coefficient (Wildman–Crippen LogP) is 2.36. The van der Waals surface area contributed by atoms with Crippen LogP contribution in [0.3, 0.4) is 0 Å². The van der Waals surface area contributed by atoms with Crippen LogP contribution in [-0.2, 0) is 4.79 Å². The molecule has 0 saturated heterocycles. The zero-order valence-electron chi connectivity index (χ0n) is 10.2. The number of anilines is 1. The molecule has 0 unspecified atom stereocenters. The third kappa shape index (κ3) is 3.35. The highest BCUT2D eigenvalue weighted by Crippen LogP contribution is 2.07. The van der Waals surface area contributed by atoms with Crippen molar-refractivity contribution < 1.29 is 4.79 Å². The number of hydrogen-bond acceptors (Lipinski definition) is 2. The molecule has 0 aliphatic rings. The molecular formula is C13H20N2O. The number of amides is 1. The summed E-state index contributed by atoms with van der Waals surface area (Å²) in [6.07, 6.45) is 0. The molecule has 0 aliphatic heterocycles. The number of para-hydroxylation sites is 1. The van der Waals surface area contributed by atoms with E-state index in [0.29, 0.717) is 0 Å². The Hall–Kier alpha value is -1.35. The number of carbonyl (C=O) groups is 1. The minimum atomic E-state index is -0.0878. The zero-order chi connectivity index (χ0) is 12.0. The van der Waals surface area contributed by atoms with E-state index in [1.165, 1.54) is 0 Å². The van der Waals surface area contributed by atoms with Crippen molar-refractivity contribution in [2.24, 2.45) is 0 Å². The summed E-state index contributed by atoms with van der Waals surface area (Å²) in [7, 11) is 0. The van der Waals surface area contributed by atoms with E-state index in [1.807, 2.05) is 37.3 Å². The van der Waals surface area contributed by atoms with E-state index in [0.717, 1.165) is 18.8 Å². The van der Waals surface area contributed by atoms with Gasteiger partial charge < -0.3 is 5.32 Å². The quantitative estimate of drug-likeness (QED) is 0.826. The molecule has 16 heavy (non-hydrogen) atoms. The van der Waals surface area contributed by atoms with Gasteiger partial charge in [0.2, 0.25) is 5.91 Å². The standard InChI is InChI=1S/C13H20N2O/c1-4-15(5-2)11(3)13(16)14-12-9-7-6-8-10-12/h6-11H,4-5H2,1-3H3,(H,14,16)/t11-/m0/s1. The van der Waals surface area contributed by atoms with E-state index in [-0.39, 0.29) is 11.9 Å². The summed E-state index contributed by atoms with van der Waals surface area (Å²) in [6, 6.07) is 9.47. The maximum absolute atomic E-state index is 11.9. The first-order chi connectivity index (χ1) is 7.69. The largest absolute Gasteiger partial charge is 0.325 e. The van der Waals surface area contributed by atoms with Gasteiger partial charge in [0.1, 0.15) is 0 Å². The Morgan fingerprint density at radius 3 is 2.31 bits per heavy atom. The Kier molecular flexibility index (Phi) is 4.99. The van der Waals surface area contributed by atoms with E-state index in [9.17, 15) is 4.79 Å². The van der Waals surface area contributed by atoms with Crippen LogP contribution in [0.5, 0.6) is 0 Å². The number of hydrogen-bond donors (Lipinski definition) is 1. The third-order valence-corrected chi connectivity index (χ3v) is 2.78. The summed E-state index contributed by atoms with van der Waals surface area (Å²) in [5, 5.41) is 2.91. The second kappa shape index (κ2) is 6.28. The Bertz CT molecular complexity index is 320. The molecule has 0 saturated carbocycles. The van der Waals surface area contributed by atoms with Crippen molar-refractivity contribution in [1.29, 1.82) is 0 Å². The van der Waals surface area contributed by atoms with Gasteiger partial charge in [-0.15, -0.1) is 0 Å². The molecule has 1 aromatic rings. The fourth-order valence-electron chi connectivity index (χ4n) is 1.71. The van der Waals surface area contributed by atoms with Crippen LogP contribution >= 0.6 is 0 Å². The second-order valence-electron chi connectivity index (χ2n) is 3.75. The van der Waals surface area contributed by atoms with Gasteiger partial charge >= 0.3 is 0 Å². The SMILES string of the molecule is CCN(CC)[C@@H](C)C(=O)Nc1ccccc1. The average molecular weight is 220 g/mol. The molecule has 0 heterocycles. The lowest BCUT2D eigenvalue weighted by Crippen LogP contribution is -2.41. The van der Waals surface area contributed by atoms with E-state index in [2.05, 4.69) is 24.1 Å². The van der Waals surface area contributed by atoms with Crippen molar-refractivity contribution in [2.45, 2.75) is 26.8 Å². The number of carbonyl (C=O) groups excluding carboxylic acids is 1. The molecule has 1 N–H and O–H groups in total. The lowest BCUT2D eigenvalue weighted by molar-refractivity contribution is -0.120. The zero-order valence-corrected chi connectivity index (χ0v) is 10.2. The van der Waals surface area contributed by atoms with Gasteiger partial charge in [-0.2, -0.15) is 0 Å². The lowest BCUT2D eigenvalue weighted by Gasteiger charge is -2.25. The minimum absolute atomic E-state index is 0.0508. The van der Waals surface area contributed by atoms with Gasteiger partial charge in [-0.3, -0.25) is 9.69 Å². The monoisotopic (exact) mass is 220 g/mol. The number of nitrogens with zero attached hydrogens (tertiary/aromatic N) is 1. The van der Waals surface area contributed by atoms with E-state index in [1.54, 1.807) is 0 Å². The van der Waals surface area contributed by atoms with Crippen LogP contribution in [0.25, 0.3) is 0 Å². The predicted molar refractivity (Wildman–Crippen MR) is 67.5 cm³/mol. The average Bonchev–Trinajstić information content (AvgIpc) is 2.31. The van der Waals surface area contributed by atoms with E-state index >= 15 is 0 Å². The van der Waals surface area contributed by atoms with Gasteiger partial charge in [-0.25, -0.2) is 0 Å². The van der Waals surface area contributed by atoms with Gasteiger partial charge in [0, 0.05) is 5.69 Å². The number of nitrogens with one attached hydrogen (secondary N) is 1. The van der Waals surface area contributed by atoms with Crippen molar-refractivity contribution >= 4 is 11.6 Å². The molecule has 1 amide bonds. The van der Waals surface area contributed by atoms with Crippen molar-refractivity contribution in [2.75, 3.05) is 18.4 Å². The lowest BCUT2D eigenvalue weighted by atomic mass is 10.2. The van der Waals surface area contributed by atoms with Crippen molar-refractivity contribution in [1.82, 2.24) is 4.90 Å². The maximum Gasteiger partial charge on any atom is 0.241 e. The van der Waals surface area contributed by atoms with Gasteiger partial charge in [0.15, 0.2) is 0 Å². The van der Waals surface area contributed by atoms with Crippen LogP contribution in [0.4, 0.5) is 5.69 Å². The minimum Gasteiger partial charge on any atom is -0.325 e. The molecule has 88 valence electrons. The molecule has 0 bridgehead atoms. The fourth-order valence-corrected chi connectivity index (χ4v) is 1.71. The molecule has 1 atom stereocenters. The van der Waals surface area contributed by atoms with Crippen molar-refractivity contribution in [3.63, 3.8) is 0 Å². The van der Waals surface area contributed by atoms with Crippen LogP contribution in [0.15, 0.2) is 30.3 Å². The number of likely N-dealkylation sites (N-methyl/N-ethyl adjacent to an activating group) is 1. The molecule has 3 nitrogen and oxygen atoms in total. The summed E-state index contributed by atoms with van der Waals surface area (Å²) in [4.78, 5) is 14.0. The Labute approximate surface area is 97.5 Å². The van der Waals surface area contributed by atoms with Gasteiger partial charge in [-0.1, -0.05) is 32.0 Å². The summed E-state index contributed by atoms with van der Waals surface area (Å²) < 4.78 is 0. The normalized spacial score (nSPS) is 12.5. The Morgan fingerprint density at radius 1 is 1.25 bits per heavy atom. The first-order valence-corrected chi connectivity index (χ1v) is 5.79. The fraction of sp³-hybridized carbons (Fsp3) is 0.462. The molecule has 1 rings (SSSR count). The van der Waals surface area contributed by atoms with Crippen LogP contribution in [0.1, 0.15) is 20.8 Å². The maximum atomic E-state index is 11.9. The van der Waals surface area contributed by atoms with Crippen LogP contribution in [-0.4, -0.2) is 29.9 Å². The number of benzene rings is 1. The van der Waals surface area contributed by atoms with Crippen molar-refractivity contribution in [3.05, 3.63) is 30.3 Å². The smallest absolute Gasteiger partial charge is 0.241 e.